The van der Waals surface area contributed by atoms with E-state index < -0.39 is 16.1 Å². The molecular formula is C22H32N4O4S. The maximum absolute atomic E-state index is 11.8. The summed E-state index contributed by atoms with van der Waals surface area (Å²) in [5.74, 6) is 1.28. The number of hydrogen-bond acceptors (Lipinski definition) is 5. The molecule has 0 spiro atoms. The van der Waals surface area contributed by atoms with Gasteiger partial charge in [-0.1, -0.05) is 24.3 Å². The van der Waals surface area contributed by atoms with Crippen LogP contribution in [-0.2, 0) is 16.6 Å². The van der Waals surface area contributed by atoms with E-state index in [0.717, 1.165) is 16.9 Å². The molecule has 9 heteroatoms. The zero-order valence-electron chi connectivity index (χ0n) is 18.4. The fraction of sp³-hybridized carbons (Fsp3) is 0.409. The SMILES string of the molecule is CCNC(=NCc1ccc(S(=O)(=O)NC)cc1)NCC(O)c1cccc(OC(C)C)c1. The molecule has 0 aliphatic carbocycles. The van der Waals surface area contributed by atoms with E-state index in [1.165, 1.54) is 7.05 Å². The lowest BCUT2D eigenvalue weighted by atomic mass is 10.1. The van der Waals surface area contributed by atoms with E-state index in [0.29, 0.717) is 19.0 Å². The third kappa shape index (κ3) is 7.86. The Morgan fingerprint density at radius 2 is 1.84 bits per heavy atom. The molecule has 0 bridgehead atoms. The average molecular weight is 449 g/mol. The normalized spacial score (nSPS) is 13.2. The van der Waals surface area contributed by atoms with Crippen molar-refractivity contribution in [2.24, 2.45) is 4.99 Å². The van der Waals surface area contributed by atoms with Gasteiger partial charge in [0, 0.05) is 13.1 Å². The lowest BCUT2D eigenvalue weighted by Crippen LogP contribution is -2.39. The van der Waals surface area contributed by atoms with Crippen molar-refractivity contribution in [3.63, 3.8) is 0 Å². The highest BCUT2D eigenvalue weighted by atomic mass is 32.2. The Kier molecular flexibility index (Phi) is 9.29. The largest absolute Gasteiger partial charge is 0.491 e. The molecule has 0 amide bonds. The van der Waals surface area contributed by atoms with Crippen LogP contribution in [0.1, 0.15) is 38.0 Å². The van der Waals surface area contributed by atoms with Crippen LogP contribution in [0.2, 0.25) is 0 Å². The van der Waals surface area contributed by atoms with Crippen LogP contribution >= 0.6 is 0 Å². The molecule has 0 aromatic heterocycles. The highest BCUT2D eigenvalue weighted by Gasteiger charge is 2.12. The first-order valence-electron chi connectivity index (χ1n) is 10.2. The highest BCUT2D eigenvalue weighted by Crippen LogP contribution is 2.20. The van der Waals surface area contributed by atoms with Gasteiger partial charge in [-0.15, -0.1) is 0 Å². The summed E-state index contributed by atoms with van der Waals surface area (Å²) < 4.78 is 31.6. The van der Waals surface area contributed by atoms with Gasteiger partial charge >= 0.3 is 0 Å². The minimum absolute atomic E-state index is 0.0606. The molecule has 1 unspecified atom stereocenters. The van der Waals surface area contributed by atoms with E-state index in [2.05, 4.69) is 20.3 Å². The zero-order valence-corrected chi connectivity index (χ0v) is 19.2. The Balaban J connectivity index is 2.00. The average Bonchev–Trinajstić information content (AvgIpc) is 2.75. The summed E-state index contributed by atoms with van der Waals surface area (Å²) in [5.41, 5.74) is 1.62. The molecule has 0 heterocycles. The number of aliphatic imine (C=N–C) groups is 1. The molecule has 0 aliphatic rings. The number of hydrogen-bond donors (Lipinski definition) is 4. The quantitative estimate of drug-likeness (QED) is 0.327. The highest BCUT2D eigenvalue weighted by molar-refractivity contribution is 7.89. The predicted molar refractivity (Wildman–Crippen MR) is 123 cm³/mol. The van der Waals surface area contributed by atoms with Gasteiger partial charge in [-0.05, 0) is 63.2 Å². The number of nitrogens with zero attached hydrogens (tertiary/aromatic N) is 1. The van der Waals surface area contributed by atoms with Crippen molar-refractivity contribution in [1.29, 1.82) is 0 Å². The molecular weight excluding hydrogens is 416 g/mol. The van der Waals surface area contributed by atoms with Gasteiger partial charge in [0.25, 0.3) is 0 Å². The Labute approximate surface area is 184 Å². The summed E-state index contributed by atoms with van der Waals surface area (Å²) in [7, 11) is -2.08. The fourth-order valence-corrected chi connectivity index (χ4v) is 3.51. The van der Waals surface area contributed by atoms with Gasteiger partial charge in [0.1, 0.15) is 5.75 Å². The van der Waals surface area contributed by atoms with Gasteiger partial charge in [0.05, 0.1) is 23.6 Å². The smallest absolute Gasteiger partial charge is 0.240 e. The Hall–Kier alpha value is -2.62. The molecule has 2 aromatic rings. The second kappa shape index (κ2) is 11.7. The second-order valence-electron chi connectivity index (χ2n) is 7.18. The molecule has 1 atom stereocenters. The van der Waals surface area contributed by atoms with Crippen molar-refractivity contribution < 1.29 is 18.3 Å². The van der Waals surface area contributed by atoms with Gasteiger partial charge in [-0.25, -0.2) is 18.1 Å². The van der Waals surface area contributed by atoms with Crippen molar-refractivity contribution in [3.05, 3.63) is 59.7 Å². The first-order valence-corrected chi connectivity index (χ1v) is 11.7. The molecule has 2 aromatic carbocycles. The Morgan fingerprint density at radius 1 is 1.13 bits per heavy atom. The first-order chi connectivity index (χ1) is 14.7. The number of aliphatic hydroxyl groups excluding tert-OH is 1. The van der Waals surface area contributed by atoms with Crippen molar-refractivity contribution in [1.82, 2.24) is 15.4 Å². The van der Waals surface area contributed by atoms with Crippen molar-refractivity contribution in [3.8, 4) is 5.75 Å². The minimum Gasteiger partial charge on any atom is -0.491 e. The van der Waals surface area contributed by atoms with E-state index >= 15 is 0 Å². The number of ether oxygens (including phenoxy) is 1. The summed E-state index contributed by atoms with van der Waals surface area (Å²) in [5, 5.41) is 16.8. The topological polar surface area (TPSA) is 112 Å². The van der Waals surface area contributed by atoms with E-state index in [9.17, 15) is 13.5 Å². The summed E-state index contributed by atoms with van der Waals surface area (Å²) in [6.07, 6.45) is -0.670. The first kappa shape index (κ1) is 24.6. The lowest BCUT2D eigenvalue weighted by Gasteiger charge is -2.17. The van der Waals surface area contributed by atoms with Crippen LogP contribution in [0.5, 0.6) is 5.75 Å². The van der Waals surface area contributed by atoms with Crippen LogP contribution in [-0.4, -0.2) is 45.7 Å². The zero-order chi connectivity index (χ0) is 22.9. The van der Waals surface area contributed by atoms with Crippen molar-refractivity contribution >= 4 is 16.0 Å². The van der Waals surface area contributed by atoms with Gasteiger partial charge < -0.3 is 20.5 Å². The second-order valence-corrected chi connectivity index (χ2v) is 9.07. The van der Waals surface area contributed by atoms with Crippen LogP contribution in [0.25, 0.3) is 0 Å². The van der Waals surface area contributed by atoms with Crippen LogP contribution in [0.4, 0.5) is 0 Å². The number of aliphatic hydroxyl groups is 1. The Morgan fingerprint density at radius 3 is 2.45 bits per heavy atom. The van der Waals surface area contributed by atoms with E-state index in [4.69, 9.17) is 4.74 Å². The standard InChI is InChI=1S/C22H32N4O4S/c1-5-24-22(25-14-17-9-11-20(12-10-17)31(28,29)23-4)26-15-21(27)18-7-6-8-19(13-18)30-16(2)3/h6-13,16,21,23,27H,5,14-15H2,1-4H3,(H2,24,25,26). The van der Waals surface area contributed by atoms with Crippen LogP contribution in [0.3, 0.4) is 0 Å². The van der Waals surface area contributed by atoms with Crippen LogP contribution in [0, 0.1) is 0 Å². The van der Waals surface area contributed by atoms with Crippen LogP contribution < -0.4 is 20.1 Å². The maximum atomic E-state index is 11.8. The lowest BCUT2D eigenvalue weighted by molar-refractivity contribution is 0.179. The molecule has 0 radical (unpaired) electrons. The molecule has 4 N–H and O–H groups in total. The number of sulfonamides is 1. The number of guanidine groups is 1. The van der Waals surface area contributed by atoms with Gasteiger partial charge in [0.2, 0.25) is 10.0 Å². The van der Waals surface area contributed by atoms with Gasteiger partial charge in [-0.2, -0.15) is 0 Å². The fourth-order valence-electron chi connectivity index (χ4n) is 2.78. The molecule has 31 heavy (non-hydrogen) atoms. The van der Waals surface area contributed by atoms with Gasteiger partial charge in [0.15, 0.2) is 5.96 Å². The monoisotopic (exact) mass is 448 g/mol. The van der Waals surface area contributed by atoms with E-state index in [1.807, 2.05) is 45.0 Å². The van der Waals surface area contributed by atoms with E-state index in [1.54, 1.807) is 24.3 Å². The van der Waals surface area contributed by atoms with Crippen LogP contribution in [0.15, 0.2) is 58.4 Å². The molecule has 0 saturated heterocycles. The molecule has 170 valence electrons. The van der Waals surface area contributed by atoms with Gasteiger partial charge in [-0.3, -0.25) is 0 Å². The molecule has 0 fully saturated rings. The summed E-state index contributed by atoms with van der Waals surface area (Å²) >= 11 is 0. The molecule has 2 rings (SSSR count). The van der Waals surface area contributed by atoms with E-state index in [-0.39, 0.29) is 17.5 Å². The van der Waals surface area contributed by atoms with Crippen molar-refractivity contribution in [2.45, 2.75) is 44.4 Å². The number of benzene rings is 2. The molecule has 0 aliphatic heterocycles. The summed E-state index contributed by atoms with van der Waals surface area (Å²) in [4.78, 5) is 4.72. The minimum atomic E-state index is -3.46. The molecule has 8 nitrogen and oxygen atoms in total. The summed E-state index contributed by atoms with van der Waals surface area (Å²) in [6.45, 7) is 7.17. The Bertz CT molecular complexity index is 960. The number of nitrogens with one attached hydrogen (secondary N) is 3. The predicted octanol–water partition coefficient (Wildman–Crippen LogP) is 2.17. The summed E-state index contributed by atoms with van der Waals surface area (Å²) in [6, 6.07) is 14.0. The third-order valence-corrected chi connectivity index (χ3v) is 5.77. The maximum Gasteiger partial charge on any atom is 0.240 e. The molecule has 0 saturated carbocycles. The van der Waals surface area contributed by atoms with Crippen molar-refractivity contribution in [2.75, 3.05) is 20.1 Å². The number of rotatable bonds is 10. The third-order valence-electron chi connectivity index (χ3n) is 4.34.